The fourth-order valence-corrected chi connectivity index (χ4v) is 1.91. The van der Waals surface area contributed by atoms with Crippen LogP contribution in [-0.4, -0.2) is 26.3 Å². The van der Waals surface area contributed by atoms with Crippen LogP contribution in [0.4, 0.5) is 0 Å². The first-order valence-electron chi connectivity index (χ1n) is 7.63. The molecule has 0 heterocycles. The quantitative estimate of drug-likeness (QED) is 0.650. The van der Waals surface area contributed by atoms with E-state index in [0.29, 0.717) is 25.6 Å². The molecule has 0 fully saturated rings. The van der Waals surface area contributed by atoms with E-state index < -0.39 is 0 Å². The Kier molecular flexibility index (Phi) is 8.30. The lowest BCUT2D eigenvalue weighted by Crippen LogP contribution is -2.07. The van der Waals surface area contributed by atoms with Crippen molar-refractivity contribution in [2.75, 3.05) is 20.3 Å². The van der Waals surface area contributed by atoms with Gasteiger partial charge in [0.15, 0.2) is 0 Å². The van der Waals surface area contributed by atoms with Gasteiger partial charge in [-0.25, -0.2) is 0 Å². The van der Waals surface area contributed by atoms with E-state index in [0.717, 1.165) is 16.9 Å². The van der Waals surface area contributed by atoms with Gasteiger partial charge in [-0.3, -0.25) is 4.79 Å². The minimum absolute atomic E-state index is 0.163. The number of hydrogen-bond donors (Lipinski definition) is 0. The molecule has 22 heavy (non-hydrogen) atoms. The Bertz CT molecular complexity index is 492. The van der Waals surface area contributed by atoms with Crippen LogP contribution in [0.15, 0.2) is 24.3 Å². The summed E-state index contributed by atoms with van der Waals surface area (Å²) >= 11 is 0. The summed E-state index contributed by atoms with van der Waals surface area (Å²) in [6.45, 7) is 7.45. The van der Waals surface area contributed by atoms with Crippen LogP contribution in [-0.2, 0) is 20.9 Å². The molecule has 0 spiro atoms. The van der Waals surface area contributed by atoms with Gasteiger partial charge in [0, 0.05) is 18.6 Å². The van der Waals surface area contributed by atoms with Crippen LogP contribution >= 0.6 is 0 Å². The minimum atomic E-state index is -0.163. The molecule has 0 radical (unpaired) electrons. The van der Waals surface area contributed by atoms with Crippen LogP contribution in [0.25, 0.3) is 6.08 Å². The molecule has 0 aliphatic heterocycles. The summed E-state index contributed by atoms with van der Waals surface area (Å²) in [6.07, 6.45) is 4.19. The highest BCUT2D eigenvalue weighted by molar-refractivity contribution is 5.69. The molecular weight excluding hydrogens is 280 g/mol. The highest BCUT2D eigenvalue weighted by atomic mass is 16.5. The van der Waals surface area contributed by atoms with Gasteiger partial charge in [-0.15, -0.1) is 0 Å². The third-order valence-electron chi connectivity index (χ3n) is 3.00. The van der Waals surface area contributed by atoms with Gasteiger partial charge in [0.25, 0.3) is 0 Å². The van der Waals surface area contributed by atoms with Gasteiger partial charge in [0.05, 0.1) is 13.7 Å². The normalized spacial score (nSPS) is 11.1. The molecule has 0 aliphatic carbocycles. The maximum atomic E-state index is 11.4. The Morgan fingerprint density at radius 1 is 1.32 bits per heavy atom. The van der Waals surface area contributed by atoms with Gasteiger partial charge in [0.1, 0.15) is 12.4 Å². The Labute approximate surface area is 133 Å². The molecule has 1 aromatic carbocycles. The highest BCUT2D eigenvalue weighted by Gasteiger charge is 2.05. The number of hydrogen-bond acceptors (Lipinski definition) is 4. The van der Waals surface area contributed by atoms with Gasteiger partial charge in [-0.05, 0) is 30.5 Å². The van der Waals surface area contributed by atoms with Crippen molar-refractivity contribution in [3.05, 3.63) is 35.4 Å². The summed E-state index contributed by atoms with van der Waals surface area (Å²) in [4.78, 5) is 11.4. The fourth-order valence-electron chi connectivity index (χ4n) is 1.91. The number of methoxy groups -OCH3 is 1. The van der Waals surface area contributed by atoms with Crippen LogP contribution in [0.1, 0.15) is 38.3 Å². The molecule has 0 N–H and O–H groups in total. The standard InChI is InChI=1S/C18H26O4/c1-5-21-13-16-9-8-15(12-17(16)20-4)7-6-10-22-18(19)11-14(2)3/h6-9,12,14H,5,10-11,13H2,1-4H3/b7-6-. The third kappa shape index (κ3) is 6.76. The molecule has 0 unspecified atom stereocenters. The second kappa shape index (κ2) is 10.0. The lowest BCUT2D eigenvalue weighted by atomic mass is 10.1. The van der Waals surface area contributed by atoms with Gasteiger partial charge < -0.3 is 14.2 Å². The molecular formula is C18H26O4. The average Bonchev–Trinajstić information content (AvgIpc) is 2.49. The molecule has 0 saturated heterocycles. The fraction of sp³-hybridized carbons (Fsp3) is 0.500. The molecule has 0 atom stereocenters. The molecule has 122 valence electrons. The van der Waals surface area contributed by atoms with Crippen molar-refractivity contribution in [3.8, 4) is 5.75 Å². The summed E-state index contributed by atoms with van der Waals surface area (Å²) in [5, 5.41) is 0. The second-order valence-electron chi connectivity index (χ2n) is 5.39. The van der Waals surface area contributed by atoms with Gasteiger partial charge in [-0.1, -0.05) is 32.1 Å². The molecule has 0 saturated carbocycles. The van der Waals surface area contributed by atoms with Gasteiger partial charge >= 0.3 is 5.97 Å². The van der Waals surface area contributed by atoms with Crippen LogP contribution in [0.2, 0.25) is 0 Å². The zero-order chi connectivity index (χ0) is 16.4. The maximum Gasteiger partial charge on any atom is 0.306 e. The van der Waals surface area contributed by atoms with E-state index in [1.165, 1.54) is 0 Å². The minimum Gasteiger partial charge on any atom is -0.496 e. The number of carbonyl (C=O) groups excluding carboxylic acids is 1. The number of carbonyl (C=O) groups is 1. The van der Waals surface area contributed by atoms with Crippen LogP contribution < -0.4 is 4.74 Å². The van der Waals surface area contributed by atoms with Crippen molar-refractivity contribution < 1.29 is 19.0 Å². The first-order chi connectivity index (χ1) is 10.6. The van der Waals surface area contributed by atoms with E-state index in [1.54, 1.807) is 7.11 Å². The highest BCUT2D eigenvalue weighted by Crippen LogP contribution is 2.21. The van der Waals surface area contributed by atoms with Gasteiger partial charge in [-0.2, -0.15) is 0 Å². The lowest BCUT2D eigenvalue weighted by Gasteiger charge is -2.09. The van der Waals surface area contributed by atoms with E-state index in [1.807, 2.05) is 51.1 Å². The molecule has 1 rings (SSSR count). The molecule has 1 aromatic rings. The predicted molar refractivity (Wildman–Crippen MR) is 87.8 cm³/mol. The van der Waals surface area contributed by atoms with Crippen molar-refractivity contribution >= 4 is 12.0 Å². The summed E-state index contributed by atoms with van der Waals surface area (Å²) in [5.41, 5.74) is 2.02. The summed E-state index contributed by atoms with van der Waals surface area (Å²) in [5.74, 6) is 0.954. The van der Waals surface area contributed by atoms with Crippen LogP contribution in [0.5, 0.6) is 5.75 Å². The Hall–Kier alpha value is -1.81. The maximum absolute atomic E-state index is 11.4. The summed E-state index contributed by atoms with van der Waals surface area (Å²) in [6, 6.07) is 5.92. The SMILES string of the molecule is CCOCc1ccc(/C=C\COC(=O)CC(C)C)cc1OC. The third-order valence-corrected chi connectivity index (χ3v) is 3.00. The average molecular weight is 306 g/mol. The van der Waals surface area contributed by atoms with Crippen LogP contribution in [0, 0.1) is 5.92 Å². The number of benzene rings is 1. The van der Waals surface area contributed by atoms with Crippen molar-refractivity contribution in [2.24, 2.45) is 5.92 Å². The number of rotatable bonds is 9. The molecule has 0 aliphatic rings. The first kappa shape index (κ1) is 18.2. The molecule has 4 heteroatoms. The molecule has 0 amide bonds. The Morgan fingerprint density at radius 2 is 2.09 bits per heavy atom. The van der Waals surface area contributed by atoms with E-state index in [9.17, 15) is 4.79 Å². The topological polar surface area (TPSA) is 44.8 Å². The zero-order valence-electron chi connectivity index (χ0n) is 13.9. The molecule has 0 aromatic heterocycles. The van der Waals surface area contributed by atoms with Crippen LogP contribution in [0.3, 0.4) is 0 Å². The van der Waals surface area contributed by atoms with E-state index >= 15 is 0 Å². The Balaban J connectivity index is 2.55. The summed E-state index contributed by atoms with van der Waals surface area (Å²) < 4.78 is 15.9. The van der Waals surface area contributed by atoms with Crippen molar-refractivity contribution in [3.63, 3.8) is 0 Å². The second-order valence-corrected chi connectivity index (χ2v) is 5.39. The monoisotopic (exact) mass is 306 g/mol. The van der Waals surface area contributed by atoms with E-state index in [-0.39, 0.29) is 12.6 Å². The lowest BCUT2D eigenvalue weighted by molar-refractivity contribution is -0.143. The largest absolute Gasteiger partial charge is 0.496 e. The zero-order valence-corrected chi connectivity index (χ0v) is 13.9. The first-order valence-corrected chi connectivity index (χ1v) is 7.63. The molecule has 4 nitrogen and oxygen atoms in total. The smallest absolute Gasteiger partial charge is 0.306 e. The van der Waals surface area contributed by atoms with Crippen molar-refractivity contribution in [1.29, 1.82) is 0 Å². The van der Waals surface area contributed by atoms with Gasteiger partial charge in [0.2, 0.25) is 0 Å². The number of esters is 1. The molecule has 0 bridgehead atoms. The van der Waals surface area contributed by atoms with E-state index in [4.69, 9.17) is 14.2 Å². The number of ether oxygens (including phenoxy) is 3. The predicted octanol–water partition coefficient (Wildman–Crippen LogP) is 3.83. The summed E-state index contributed by atoms with van der Waals surface area (Å²) in [7, 11) is 1.64. The Morgan fingerprint density at radius 3 is 2.73 bits per heavy atom. The van der Waals surface area contributed by atoms with E-state index in [2.05, 4.69) is 0 Å². The van der Waals surface area contributed by atoms with Crippen molar-refractivity contribution in [1.82, 2.24) is 0 Å². The van der Waals surface area contributed by atoms with Crippen molar-refractivity contribution in [2.45, 2.75) is 33.8 Å².